The Labute approximate surface area is 94.3 Å². The van der Waals surface area contributed by atoms with Crippen molar-refractivity contribution in [3.63, 3.8) is 0 Å². The smallest absolute Gasteiger partial charge is 0.119 e. The lowest BCUT2D eigenvalue weighted by Gasteiger charge is -2.09. The summed E-state index contributed by atoms with van der Waals surface area (Å²) in [6.07, 6.45) is 0.206. The lowest BCUT2D eigenvalue weighted by molar-refractivity contribution is 0.186. The molecule has 0 saturated carbocycles. The fourth-order valence-electron chi connectivity index (χ4n) is 1.23. The summed E-state index contributed by atoms with van der Waals surface area (Å²) in [6.45, 7) is 2.77. The van der Waals surface area contributed by atoms with Gasteiger partial charge in [0.1, 0.15) is 5.75 Å². The van der Waals surface area contributed by atoms with E-state index in [1.165, 1.54) is 0 Å². The van der Waals surface area contributed by atoms with Gasteiger partial charge < -0.3 is 9.84 Å². The number of hydrogen-bond donors (Lipinski definition) is 1. The fourth-order valence-corrected chi connectivity index (χ4v) is 1.23. The Morgan fingerprint density at radius 3 is 2.69 bits per heavy atom. The maximum absolute atomic E-state index is 9.61. The molecule has 1 N–H and O–H groups in total. The first kappa shape index (κ1) is 12.4. The molecule has 0 amide bonds. The number of hydrogen-bond acceptors (Lipinski definition) is 3. The Hall–Kier alpha value is -1.71. The van der Waals surface area contributed by atoms with Crippen LogP contribution in [-0.4, -0.2) is 18.3 Å². The van der Waals surface area contributed by atoms with Gasteiger partial charge in [-0.05, 0) is 29.6 Å². The molecule has 0 aliphatic carbocycles. The van der Waals surface area contributed by atoms with Crippen LogP contribution >= 0.6 is 0 Å². The summed E-state index contributed by atoms with van der Waals surface area (Å²) in [6, 6.07) is 7.12. The van der Waals surface area contributed by atoms with Crippen LogP contribution in [0.25, 0.3) is 10.4 Å². The summed E-state index contributed by atoms with van der Waals surface area (Å²) >= 11 is 0. The monoisotopic (exact) mass is 221 g/mol. The first-order valence-corrected chi connectivity index (χ1v) is 5.19. The summed E-state index contributed by atoms with van der Waals surface area (Å²) < 4.78 is 5.41. The molecule has 0 aliphatic rings. The standard InChI is InChI=1S/C11H15N3O2/c1-2-7-16-10-5-3-9(4-6-10)11(15)8-13-14-12/h3-6,11,15H,2,7-8H2,1H3/t11-/m1/s1. The molecule has 0 saturated heterocycles. The van der Waals surface area contributed by atoms with Gasteiger partial charge in [-0.1, -0.05) is 24.2 Å². The second-order valence-corrected chi connectivity index (χ2v) is 3.35. The van der Waals surface area contributed by atoms with Crippen molar-refractivity contribution in [2.24, 2.45) is 5.11 Å². The molecular weight excluding hydrogens is 206 g/mol. The van der Waals surface area contributed by atoms with Crippen LogP contribution in [0.5, 0.6) is 5.75 Å². The lowest BCUT2D eigenvalue weighted by Crippen LogP contribution is -2.01. The fraction of sp³-hybridized carbons (Fsp3) is 0.455. The van der Waals surface area contributed by atoms with Crippen LogP contribution < -0.4 is 4.74 Å². The van der Waals surface area contributed by atoms with Gasteiger partial charge in [0.15, 0.2) is 0 Å². The summed E-state index contributed by atoms with van der Waals surface area (Å²) in [4.78, 5) is 2.60. The van der Waals surface area contributed by atoms with E-state index in [0.29, 0.717) is 6.61 Å². The predicted molar refractivity (Wildman–Crippen MR) is 61.2 cm³/mol. The highest BCUT2D eigenvalue weighted by Crippen LogP contribution is 2.18. The SMILES string of the molecule is CCCOc1ccc([C@H](O)CN=[N+]=[N-])cc1. The number of ether oxygens (including phenoxy) is 1. The Morgan fingerprint density at radius 2 is 2.12 bits per heavy atom. The Balaban J connectivity index is 2.59. The van der Waals surface area contributed by atoms with E-state index < -0.39 is 6.10 Å². The third-order valence-electron chi connectivity index (χ3n) is 2.06. The zero-order valence-corrected chi connectivity index (χ0v) is 9.21. The van der Waals surface area contributed by atoms with Gasteiger partial charge in [0.2, 0.25) is 0 Å². The molecule has 0 bridgehead atoms. The number of azide groups is 1. The number of aliphatic hydroxyl groups is 1. The van der Waals surface area contributed by atoms with E-state index in [-0.39, 0.29) is 6.54 Å². The molecular formula is C11H15N3O2. The largest absolute Gasteiger partial charge is 0.494 e. The zero-order chi connectivity index (χ0) is 11.8. The molecule has 0 radical (unpaired) electrons. The quantitative estimate of drug-likeness (QED) is 0.455. The van der Waals surface area contributed by atoms with Crippen LogP contribution in [0.2, 0.25) is 0 Å². The third-order valence-corrected chi connectivity index (χ3v) is 2.06. The van der Waals surface area contributed by atoms with Gasteiger partial charge >= 0.3 is 0 Å². The Kier molecular flexibility index (Phi) is 5.19. The first-order valence-electron chi connectivity index (χ1n) is 5.19. The molecule has 0 unspecified atom stereocenters. The molecule has 0 spiro atoms. The van der Waals surface area contributed by atoms with Gasteiger partial charge in [0, 0.05) is 4.91 Å². The molecule has 1 aromatic rings. The van der Waals surface area contributed by atoms with E-state index in [4.69, 9.17) is 10.3 Å². The van der Waals surface area contributed by atoms with E-state index in [0.717, 1.165) is 17.7 Å². The van der Waals surface area contributed by atoms with E-state index in [2.05, 4.69) is 10.0 Å². The topological polar surface area (TPSA) is 78.2 Å². The maximum atomic E-state index is 9.61. The highest BCUT2D eigenvalue weighted by molar-refractivity contribution is 5.28. The second-order valence-electron chi connectivity index (χ2n) is 3.35. The number of rotatable bonds is 6. The minimum absolute atomic E-state index is 0.0473. The highest BCUT2D eigenvalue weighted by atomic mass is 16.5. The minimum atomic E-state index is -0.754. The van der Waals surface area contributed by atoms with Crippen LogP contribution in [0.1, 0.15) is 25.0 Å². The van der Waals surface area contributed by atoms with Gasteiger partial charge in [-0.25, -0.2) is 0 Å². The molecule has 16 heavy (non-hydrogen) atoms. The van der Waals surface area contributed by atoms with E-state index >= 15 is 0 Å². The van der Waals surface area contributed by atoms with E-state index in [1.807, 2.05) is 6.92 Å². The third kappa shape index (κ3) is 3.81. The number of nitrogens with zero attached hydrogens (tertiary/aromatic N) is 3. The van der Waals surface area contributed by atoms with Crippen molar-refractivity contribution in [1.29, 1.82) is 0 Å². The van der Waals surface area contributed by atoms with Crippen molar-refractivity contribution in [3.05, 3.63) is 40.3 Å². The normalized spacial score (nSPS) is 11.6. The average molecular weight is 221 g/mol. The minimum Gasteiger partial charge on any atom is -0.494 e. The highest BCUT2D eigenvalue weighted by Gasteiger charge is 2.05. The maximum Gasteiger partial charge on any atom is 0.119 e. The number of aliphatic hydroxyl groups excluding tert-OH is 1. The van der Waals surface area contributed by atoms with Crippen LogP contribution in [-0.2, 0) is 0 Å². The average Bonchev–Trinajstić information content (AvgIpc) is 2.34. The van der Waals surface area contributed by atoms with Crippen molar-refractivity contribution >= 4 is 0 Å². The van der Waals surface area contributed by atoms with Crippen LogP contribution in [0.3, 0.4) is 0 Å². The van der Waals surface area contributed by atoms with Crippen LogP contribution in [0, 0.1) is 0 Å². The lowest BCUT2D eigenvalue weighted by atomic mass is 10.1. The zero-order valence-electron chi connectivity index (χ0n) is 9.21. The van der Waals surface area contributed by atoms with Crippen molar-refractivity contribution in [2.75, 3.05) is 13.2 Å². The van der Waals surface area contributed by atoms with Gasteiger partial charge in [-0.2, -0.15) is 0 Å². The molecule has 5 heteroatoms. The second kappa shape index (κ2) is 6.71. The summed E-state index contributed by atoms with van der Waals surface area (Å²) in [5, 5.41) is 12.9. The molecule has 86 valence electrons. The van der Waals surface area contributed by atoms with Gasteiger partial charge in [0.05, 0.1) is 19.3 Å². The van der Waals surface area contributed by atoms with Gasteiger partial charge in [-0.15, -0.1) is 0 Å². The molecule has 0 heterocycles. The number of benzene rings is 1. The molecule has 5 nitrogen and oxygen atoms in total. The molecule has 1 atom stereocenters. The molecule has 0 aliphatic heterocycles. The van der Waals surface area contributed by atoms with Crippen molar-refractivity contribution in [1.82, 2.24) is 0 Å². The van der Waals surface area contributed by atoms with E-state index in [9.17, 15) is 5.11 Å². The van der Waals surface area contributed by atoms with Crippen molar-refractivity contribution < 1.29 is 9.84 Å². The molecule has 0 fully saturated rings. The Morgan fingerprint density at radius 1 is 1.44 bits per heavy atom. The predicted octanol–water partition coefficient (Wildman–Crippen LogP) is 2.82. The molecule has 1 aromatic carbocycles. The van der Waals surface area contributed by atoms with Gasteiger partial charge in [-0.3, -0.25) is 0 Å². The summed E-state index contributed by atoms with van der Waals surface area (Å²) in [5.74, 6) is 0.779. The van der Waals surface area contributed by atoms with Gasteiger partial charge in [0.25, 0.3) is 0 Å². The van der Waals surface area contributed by atoms with Crippen LogP contribution in [0.15, 0.2) is 29.4 Å². The molecule has 0 aromatic heterocycles. The summed E-state index contributed by atoms with van der Waals surface area (Å²) in [7, 11) is 0. The summed E-state index contributed by atoms with van der Waals surface area (Å²) in [5.41, 5.74) is 8.85. The first-order chi connectivity index (χ1) is 7.77. The Bertz CT molecular complexity index is 358. The van der Waals surface area contributed by atoms with Crippen LogP contribution in [0.4, 0.5) is 0 Å². The van der Waals surface area contributed by atoms with Crippen molar-refractivity contribution in [2.45, 2.75) is 19.4 Å². The van der Waals surface area contributed by atoms with Crippen molar-refractivity contribution in [3.8, 4) is 5.75 Å². The molecule has 1 rings (SSSR count). The van der Waals surface area contributed by atoms with E-state index in [1.54, 1.807) is 24.3 Å².